The second-order valence-electron chi connectivity index (χ2n) is 6.35. The highest BCUT2D eigenvalue weighted by Crippen LogP contribution is 2.56. The molecule has 2 N–H and O–H groups in total. The maximum absolute atomic E-state index is 12.8. The van der Waals surface area contributed by atoms with Crippen LogP contribution >= 0.6 is 0 Å². The molecule has 0 unspecified atom stereocenters. The van der Waals surface area contributed by atoms with Gasteiger partial charge >= 0.3 is 6.18 Å². The summed E-state index contributed by atoms with van der Waals surface area (Å²) in [6.07, 6.45) is -0.895. The minimum absolute atomic E-state index is 0.00912. The molecule has 124 valence electrons. The summed E-state index contributed by atoms with van der Waals surface area (Å²) >= 11 is 0. The lowest BCUT2D eigenvalue weighted by Crippen LogP contribution is -2.35. The van der Waals surface area contributed by atoms with Gasteiger partial charge in [-0.3, -0.25) is 10.2 Å². The van der Waals surface area contributed by atoms with Gasteiger partial charge in [-0.2, -0.15) is 13.2 Å². The van der Waals surface area contributed by atoms with Crippen molar-refractivity contribution in [3.05, 3.63) is 47.7 Å². The standard InChI is InChI=1S/C17H19F3N2O/c18-17(19,20)15-9-12-7-13(15)8-14(12)10-21-22-16(23)6-11-4-2-1-3-5-11/h1-5,10,12-13,15,21H,6-9H2,(H,22,23)/b14-10-/t12-,13-,15-/m0/s1. The summed E-state index contributed by atoms with van der Waals surface area (Å²) in [5.41, 5.74) is 7.21. The summed E-state index contributed by atoms with van der Waals surface area (Å²) in [4.78, 5) is 11.8. The van der Waals surface area contributed by atoms with Crippen LogP contribution in [0.25, 0.3) is 0 Å². The molecule has 3 atom stereocenters. The summed E-state index contributed by atoms with van der Waals surface area (Å²) in [5.74, 6) is -1.64. The van der Waals surface area contributed by atoms with Crippen LogP contribution in [0.3, 0.4) is 0 Å². The number of hydrogen-bond donors (Lipinski definition) is 2. The lowest BCUT2D eigenvalue weighted by atomic mass is 9.86. The topological polar surface area (TPSA) is 41.1 Å². The van der Waals surface area contributed by atoms with Crippen LogP contribution in [-0.2, 0) is 11.2 Å². The Morgan fingerprint density at radius 1 is 1.22 bits per heavy atom. The Morgan fingerprint density at radius 3 is 2.57 bits per heavy atom. The van der Waals surface area contributed by atoms with Gasteiger partial charge in [0.1, 0.15) is 0 Å². The molecule has 2 aliphatic rings. The van der Waals surface area contributed by atoms with E-state index in [9.17, 15) is 18.0 Å². The minimum Gasteiger partial charge on any atom is -0.306 e. The average Bonchev–Trinajstić information content (AvgIpc) is 3.08. The lowest BCUT2D eigenvalue weighted by molar-refractivity contribution is -0.185. The summed E-state index contributed by atoms with van der Waals surface area (Å²) in [7, 11) is 0. The van der Waals surface area contributed by atoms with E-state index in [2.05, 4.69) is 10.9 Å². The number of fused-ring (bicyclic) bond motifs is 2. The van der Waals surface area contributed by atoms with Crippen LogP contribution in [-0.4, -0.2) is 12.1 Å². The third-order valence-electron chi connectivity index (χ3n) is 4.81. The van der Waals surface area contributed by atoms with Crippen LogP contribution in [0, 0.1) is 17.8 Å². The number of hydrazine groups is 1. The second kappa shape index (κ2) is 6.26. The molecule has 0 saturated heterocycles. The fourth-order valence-electron chi connectivity index (χ4n) is 3.74. The van der Waals surface area contributed by atoms with Gasteiger partial charge in [-0.1, -0.05) is 30.3 Å². The molecular weight excluding hydrogens is 305 g/mol. The van der Waals surface area contributed by atoms with Crippen LogP contribution in [0.2, 0.25) is 0 Å². The van der Waals surface area contributed by atoms with E-state index in [0.717, 1.165) is 11.1 Å². The molecule has 6 heteroatoms. The number of carbonyl (C=O) groups excluding carboxylic acids is 1. The number of amides is 1. The molecular formula is C17H19F3N2O. The van der Waals surface area contributed by atoms with Crippen molar-refractivity contribution < 1.29 is 18.0 Å². The van der Waals surface area contributed by atoms with Gasteiger partial charge in [-0.05, 0) is 42.2 Å². The van der Waals surface area contributed by atoms with Crippen molar-refractivity contribution in [3.63, 3.8) is 0 Å². The van der Waals surface area contributed by atoms with Crippen LogP contribution < -0.4 is 10.9 Å². The first-order valence-corrected chi connectivity index (χ1v) is 7.77. The van der Waals surface area contributed by atoms with Gasteiger partial charge in [0, 0.05) is 6.20 Å². The first-order valence-electron chi connectivity index (χ1n) is 7.77. The Morgan fingerprint density at radius 2 is 1.96 bits per heavy atom. The van der Waals surface area contributed by atoms with Crippen molar-refractivity contribution in [2.24, 2.45) is 17.8 Å². The number of hydrogen-bond acceptors (Lipinski definition) is 2. The highest BCUT2D eigenvalue weighted by atomic mass is 19.4. The Balaban J connectivity index is 1.47. The molecule has 2 aliphatic carbocycles. The van der Waals surface area contributed by atoms with Gasteiger partial charge in [-0.25, -0.2) is 0 Å². The van der Waals surface area contributed by atoms with E-state index >= 15 is 0 Å². The molecule has 2 saturated carbocycles. The van der Waals surface area contributed by atoms with Gasteiger partial charge in [-0.15, -0.1) is 0 Å². The first-order chi connectivity index (χ1) is 10.9. The predicted molar refractivity (Wildman–Crippen MR) is 79.9 cm³/mol. The van der Waals surface area contributed by atoms with Crippen molar-refractivity contribution in [1.29, 1.82) is 0 Å². The number of halogens is 3. The summed E-state index contributed by atoms with van der Waals surface area (Å²) < 4.78 is 38.5. The zero-order chi connectivity index (χ0) is 16.4. The molecule has 1 aromatic carbocycles. The average molecular weight is 324 g/mol. The summed E-state index contributed by atoms with van der Waals surface area (Å²) in [6, 6.07) is 9.35. The molecule has 0 heterocycles. The quantitative estimate of drug-likeness (QED) is 0.834. The normalized spacial score (nSPS) is 28.1. The van der Waals surface area contributed by atoms with Crippen molar-refractivity contribution in [1.82, 2.24) is 10.9 Å². The summed E-state index contributed by atoms with van der Waals surface area (Å²) in [6.45, 7) is 0. The number of alkyl halides is 3. The largest absolute Gasteiger partial charge is 0.392 e. The highest BCUT2D eigenvalue weighted by Gasteiger charge is 2.54. The third kappa shape index (κ3) is 3.68. The fourth-order valence-corrected chi connectivity index (χ4v) is 3.74. The Bertz CT molecular complexity index is 598. The van der Waals surface area contributed by atoms with Crippen LogP contribution in [0.1, 0.15) is 24.8 Å². The van der Waals surface area contributed by atoms with E-state index in [1.54, 1.807) is 6.20 Å². The molecule has 0 radical (unpaired) electrons. The maximum atomic E-state index is 12.8. The minimum atomic E-state index is -4.08. The van der Waals surface area contributed by atoms with Crippen LogP contribution in [0.4, 0.5) is 13.2 Å². The SMILES string of the molecule is O=C(Cc1ccccc1)NN/C=C1/C[C@@H]2C[C@H]1C[C@@H]2C(F)(F)F. The maximum Gasteiger partial charge on any atom is 0.392 e. The molecule has 0 aromatic heterocycles. The first kappa shape index (κ1) is 15.9. The van der Waals surface area contributed by atoms with Crippen LogP contribution in [0.15, 0.2) is 42.1 Å². The van der Waals surface area contributed by atoms with E-state index in [0.29, 0.717) is 12.8 Å². The van der Waals surface area contributed by atoms with E-state index in [-0.39, 0.29) is 30.6 Å². The van der Waals surface area contributed by atoms with Crippen molar-refractivity contribution in [2.45, 2.75) is 31.9 Å². The number of benzene rings is 1. The van der Waals surface area contributed by atoms with Crippen molar-refractivity contribution in [3.8, 4) is 0 Å². The number of rotatable bonds is 4. The fraction of sp³-hybridized carbons (Fsp3) is 0.471. The van der Waals surface area contributed by atoms with Gasteiger partial charge in [0.2, 0.25) is 5.91 Å². The Hall–Kier alpha value is -1.98. The molecule has 1 amide bonds. The number of nitrogens with one attached hydrogen (secondary N) is 2. The van der Waals surface area contributed by atoms with Gasteiger partial charge in [0.25, 0.3) is 0 Å². The van der Waals surface area contributed by atoms with Crippen molar-refractivity contribution >= 4 is 5.91 Å². The van der Waals surface area contributed by atoms with E-state index in [1.165, 1.54) is 0 Å². The number of carbonyl (C=O) groups is 1. The number of allylic oxidation sites excluding steroid dienone is 1. The van der Waals surface area contributed by atoms with Crippen LogP contribution in [0.5, 0.6) is 0 Å². The molecule has 2 fully saturated rings. The molecule has 0 spiro atoms. The molecule has 2 bridgehead atoms. The Kier molecular flexibility index (Phi) is 4.33. The molecule has 1 aromatic rings. The van der Waals surface area contributed by atoms with E-state index in [4.69, 9.17) is 0 Å². The summed E-state index contributed by atoms with van der Waals surface area (Å²) in [5, 5.41) is 0. The van der Waals surface area contributed by atoms with Crippen molar-refractivity contribution in [2.75, 3.05) is 0 Å². The van der Waals surface area contributed by atoms with Gasteiger partial charge < -0.3 is 5.43 Å². The highest BCUT2D eigenvalue weighted by molar-refractivity contribution is 5.78. The van der Waals surface area contributed by atoms with E-state index < -0.39 is 12.1 Å². The zero-order valence-corrected chi connectivity index (χ0v) is 12.6. The van der Waals surface area contributed by atoms with Gasteiger partial charge in [0.05, 0.1) is 12.3 Å². The zero-order valence-electron chi connectivity index (χ0n) is 12.6. The lowest BCUT2D eigenvalue weighted by Gasteiger charge is -2.25. The second-order valence-corrected chi connectivity index (χ2v) is 6.35. The molecule has 3 nitrogen and oxygen atoms in total. The molecule has 0 aliphatic heterocycles. The monoisotopic (exact) mass is 324 g/mol. The van der Waals surface area contributed by atoms with Gasteiger partial charge in [0.15, 0.2) is 0 Å². The Labute approximate surface area is 132 Å². The third-order valence-corrected chi connectivity index (χ3v) is 4.81. The smallest absolute Gasteiger partial charge is 0.306 e. The predicted octanol–water partition coefficient (Wildman–Crippen LogP) is 3.34. The molecule has 23 heavy (non-hydrogen) atoms. The van der Waals surface area contributed by atoms with E-state index in [1.807, 2.05) is 30.3 Å². The molecule has 3 rings (SSSR count).